The predicted octanol–water partition coefficient (Wildman–Crippen LogP) is 1.91. The Labute approximate surface area is 102 Å². The topological polar surface area (TPSA) is 72.0 Å². The first-order chi connectivity index (χ1) is 8.23. The Kier molecular flexibility index (Phi) is 5.45. The van der Waals surface area contributed by atoms with Crippen LogP contribution in [0.1, 0.15) is 33.6 Å². The second-order valence-electron chi connectivity index (χ2n) is 3.61. The maximum absolute atomic E-state index is 5.30. The molecule has 6 heteroatoms. The summed E-state index contributed by atoms with van der Waals surface area (Å²) in [6.07, 6.45) is 2.06. The monoisotopic (exact) mass is 239 g/mol. The number of anilines is 2. The molecule has 0 atom stereocenters. The summed E-state index contributed by atoms with van der Waals surface area (Å²) in [6.45, 7) is 6.70. The Morgan fingerprint density at radius 2 is 1.71 bits per heavy atom. The van der Waals surface area contributed by atoms with E-state index in [4.69, 9.17) is 4.74 Å². The molecule has 2 N–H and O–H groups in total. The van der Waals surface area contributed by atoms with Gasteiger partial charge in [-0.25, -0.2) is 0 Å². The first kappa shape index (κ1) is 13.5. The molecule has 0 amide bonds. The van der Waals surface area contributed by atoms with Gasteiger partial charge in [-0.2, -0.15) is 15.0 Å². The first-order valence-corrected chi connectivity index (χ1v) is 6.06. The van der Waals surface area contributed by atoms with E-state index in [1.54, 1.807) is 7.05 Å². The number of nitrogens with one attached hydrogen (secondary N) is 2. The number of rotatable bonds is 7. The molecular formula is C11H21N5O. The van der Waals surface area contributed by atoms with E-state index in [1.165, 1.54) is 0 Å². The van der Waals surface area contributed by atoms with Crippen LogP contribution >= 0.6 is 0 Å². The van der Waals surface area contributed by atoms with Gasteiger partial charge in [0.1, 0.15) is 0 Å². The summed E-state index contributed by atoms with van der Waals surface area (Å²) in [4.78, 5) is 12.6. The van der Waals surface area contributed by atoms with E-state index in [-0.39, 0.29) is 0 Å². The highest BCUT2D eigenvalue weighted by Gasteiger charge is 2.09. The Balaban J connectivity index is 2.85. The number of aromatic nitrogens is 3. The van der Waals surface area contributed by atoms with E-state index >= 15 is 0 Å². The van der Waals surface area contributed by atoms with Crippen molar-refractivity contribution < 1.29 is 4.74 Å². The van der Waals surface area contributed by atoms with E-state index in [2.05, 4.69) is 39.4 Å². The maximum atomic E-state index is 5.30. The van der Waals surface area contributed by atoms with Gasteiger partial charge in [-0.3, -0.25) is 0 Å². The molecule has 0 bridgehead atoms. The summed E-state index contributed by atoms with van der Waals surface area (Å²) in [7, 11) is 1.77. The molecule has 0 fully saturated rings. The lowest BCUT2D eigenvalue weighted by Crippen LogP contribution is -2.19. The van der Waals surface area contributed by atoms with Crippen LogP contribution in [0.25, 0.3) is 0 Å². The molecule has 0 radical (unpaired) electrons. The van der Waals surface area contributed by atoms with Crippen molar-refractivity contribution in [1.82, 2.24) is 15.0 Å². The van der Waals surface area contributed by atoms with Crippen LogP contribution in [0.2, 0.25) is 0 Å². The smallest absolute Gasteiger partial charge is 0.323 e. The van der Waals surface area contributed by atoms with Gasteiger partial charge in [-0.15, -0.1) is 0 Å². The predicted molar refractivity (Wildman–Crippen MR) is 68.5 cm³/mol. The van der Waals surface area contributed by atoms with Gasteiger partial charge in [0, 0.05) is 13.1 Å². The molecule has 0 saturated heterocycles. The SMILES string of the molecule is CCOc1nc(NC)nc(NC(CC)CC)n1. The standard InChI is InChI=1S/C11H21N5O/c1-5-8(6-2)13-10-14-9(12-4)15-11(16-10)17-7-3/h8H,5-7H2,1-4H3,(H2,12,13,14,15,16). The molecule has 17 heavy (non-hydrogen) atoms. The molecule has 0 unspecified atom stereocenters. The lowest BCUT2D eigenvalue weighted by molar-refractivity contribution is 0.312. The fraction of sp³-hybridized carbons (Fsp3) is 0.727. The largest absolute Gasteiger partial charge is 0.464 e. The Hall–Kier alpha value is -1.59. The second kappa shape index (κ2) is 6.88. The lowest BCUT2D eigenvalue weighted by Gasteiger charge is -2.15. The van der Waals surface area contributed by atoms with Crippen molar-refractivity contribution >= 4 is 11.9 Å². The highest BCUT2D eigenvalue weighted by atomic mass is 16.5. The van der Waals surface area contributed by atoms with Crippen LogP contribution in [0, 0.1) is 0 Å². The van der Waals surface area contributed by atoms with Crippen LogP contribution in [0.3, 0.4) is 0 Å². The minimum atomic E-state index is 0.348. The minimum absolute atomic E-state index is 0.348. The van der Waals surface area contributed by atoms with Crippen molar-refractivity contribution in [2.75, 3.05) is 24.3 Å². The molecule has 1 aromatic rings. The van der Waals surface area contributed by atoms with Crippen molar-refractivity contribution in [2.24, 2.45) is 0 Å². The quantitative estimate of drug-likeness (QED) is 0.757. The average molecular weight is 239 g/mol. The van der Waals surface area contributed by atoms with Gasteiger partial charge in [0.2, 0.25) is 11.9 Å². The van der Waals surface area contributed by atoms with Gasteiger partial charge in [0.15, 0.2) is 0 Å². The second-order valence-corrected chi connectivity index (χ2v) is 3.61. The zero-order chi connectivity index (χ0) is 12.7. The van der Waals surface area contributed by atoms with Crippen molar-refractivity contribution in [1.29, 1.82) is 0 Å². The molecule has 0 aliphatic heterocycles. The van der Waals surface area contributed by atoms with E-state index < -0.39 is 0 Å². The van der Waals surface area contributed by atoms with Crippen LogP contribution in [0.15, 0.2) is 0 Å². The highest BCUT2D eigenvalue weighted by molar-refractivity contribution is 5.36. The zero-order valence-electron chi connectivity index (χ0n) is 10.9. The number of ether oxygens (including phenoxy) is 1. The average Bonchev–Trinajstić information content (AvgIpc) is 2.36. The van der Waals surface area contributed by atoms with Crippen molar-refractivity contribution in [2.45, 2.75) is 39.7 Å². The molecule has 1 heterocycles. The Morgan fingerprint density at radius 1 is 1.06 bits per heavy atom. The third-order valence-corrected chi connectivity index (χ3v) is 2.43. The Morgan fingerprint density at radius 3 is 2.24 bits per heavy atom. The van der Waals surface area contributed by atoms with E-state index in [0.717, 1.165) is 12.8 Å². The zero-order valence-corrected chi connectivity index (χ0v) is 10.9. The molecule has 1 aromatic heterocycles. The molecule has 0 aliphatic carbocycles. The lowest BCUT2D eigenvalue weighted by atomic mass is 10.2. The summed E-state index contributed by atoms with van der Waals surface area (Å²) >= 11 is 0. The fourth-order valence-electron chi connectivity index (χ4n) is 1.40. The van der Waals surface area contributed by atoms with Crippen LogP contribution in [-0.2, 0) is 0 Å². The van der Waals surface area contributed by atoms with Gasteiger partial charge in [0.05, 0.1) is 6.61 Å². The van der Waals surface area contributed by atoms with E-state index in [9.17, 15) is 0 Å². The molecule has 0 saturated carbocycles. The van der Waals surface area contributed by atoms with Crippen LogP contribution < -0.4 is 15.4 Å². The summed E-state index contributed by atoms with van der Waals surface area (Å²) in [5, 5.41) is 6.16. The van der Waals surface area contributed by atoms with Crippen LogP contribution in [-0.4, -0.2) is 34.6 Å². The molecule has 0 spiro atoms. The normalized spacial score (nSPS) is 10.4. The van der Waals surface area contributed by atoms with Gasteiger partial charge in [-0.05, 0) is 19.8 Å². The molecule has 1 rings (SSSR count). The molecule has 6 nitrogen and oxygen atoms in total. The van der Waals surface area contributed by atoms with Crippen LogP contribution in [0.4, 0.5) is 11.9 Å². The molecular weight excluding hydrogens is 218 g/mol. The first-order valence-electron chi connectivity index (χ1n) is 6.06. The van der Waals surface area contributed by atoms with Gasteiger partial charge >= 0.3 is 6.01 Å². The number of nitrogens with zero attached hydrogens (tertiary/aromatic N) is 3. The fourth-order valence-corrected chi connectivity index (χ4v) is 1.40. The van der Waals surface area contributed by atoms with Gasteiger partial charge in [0.25, 0.3) is 0 Å². The third-order valence-electron chi connectivity index (χ3n) is 2.43. The molecule has 96 valence electrons. The van der Waals surface area contributed by atoms with Crippen molar-refractivity contribution in [3.8, 4) is 6.01 Å². The summed E-state index contributed by atoms with van der Waals surface area (Å²) < 4.78 is 5.30. The minimum Gasteiger partial charge on any atom is -0.464 e. The molecule has 0 aromatic carbocycles. The van der Waals surface area contributed by atoms with Gasteiger partial charge in [-0.1, -0.05) is 13.8 Å². The summed E-state index contributed by atoms with van der Waals surface area (Å²) in [5.41, 5.74) is 0. The van der Waals surface area contributed by atoms with Crippen molar-refractivity contribution in [3.63, 3.8) is 0 Å². The highest BCUT2D eigenvalue weighted by Crippen LogP contribution is 2.13. The maximum Gasteiger partial charge on any atom is 0.323 e. The Bertz CT molecular complexity index is 341. The summed E-state index contributed by atoms with van der Waals surface area (Å²) in [5.74, 6) is 1.07. The van der Waals surface area contributed by atoms with E-state index in [0.29, 0.717) is 30.6 Å². The van der Waals surface area contributed by atoms with Crippen LogP contribution in [0.5, 0.6) is 6.01 Å². The number of hydrogen-bond donors (Lipinski definition) is 2. The third kappa shape index (κ3) is 4.05. The number of hydrogen-bond acceptors (Lipinski definition) is 6. The summed E-state index contributed by atoms with van der Waals surface area (Å²) in [6, 6.07) is 0.719. The van der Waals surface area contributed by atoms with Crippen molar-refractivity contribution in [3.05, 3.63) is 0 Å². The molecule has 0 aliphatic rings. The van der Waals surface area contributed by atoms with E-state index in [1.807, 2.05) is 6.92 Å². The van der Waals surface area contributed by atoms with Gasteiger partial charge < -0.3 is 15.4 Å².